The van der Waals surface area contributed by atoms with Crippen molar-refractivity contribution in [1.82, 2.24) is 4.90 Å². The summed E-state index contributed by atoms with van der Waals surface area (Å²) in [6.45, 7) is 5.29. The van der Waals surface area contributed by atoms with E-state index in [0.717, 1.165) is 0 Å². The highest BCUT2D eigenvalue weighted by atomic mass is 35.5. The van der Waals surface area contributed by atoms with Crippen molar-refractivity contribution in [3.8, 4) is 0 Å². The van der Waals surface area contributed by atoms with Crippen molar-refractivity contribution in [3.05, 3.63) is 29.3 Å². The van der Waals surface area contributed by atoms with Gasteiger partial charge in [0.1, 0.15) is 0 Å². The second kappa shape index (κ2) is 8.64. The standard InChI is InChI=1S/C15H21ClN2O3/c1-3-18(10-11(2)15(20)21)8-7-14(19)17-13-6-4-5-12(16)9-13/h4-6,9,11H,3,7-8,10H2,1-2H3,(H,17,19)(H,20,21). The number of carboxylic acids is 1. The van der Waals surface area contributed by atoms with E-state index in [-0.39, 0.29) is 5.91 Å². The number of amides is 1. The van der Waals surface area contributed by atoms with E-state index in [1.165, 1.54) is 0 Å². The number of carbonyl (C=O) groups is 2. The van der Waals surface area contributed by atoms with E-state index >= 15 is 0 Å². The number of anilines is 1. The Labute approximate surface area is 129 Å². The van der Waals surface area contributed by atoms with Crippen molar-refractivity contribution >= 4 is 29.2 Å². The first-order valence-corrected chi connectivity index (χ1v) is 7.30. The van der Waals surface area contributed by atoms with E-state index in [1.807, 2.05) is 11.8 Å². The molecule has 116 valence electrons. The SMILES string of the molecule is CCN(CCC(=O)Nc1cccc(Cl)c1)CC(C)C(=O)O. The molecule has 6 heteroatoms. The number of nitrogens with zero attached hydrogens (tertiary/aromatic N) is 1. The Balaban J connectivity index is 2.42. The first-order chi connectivity index (χ1) is 9.92. The highest BCUT2D eigenvalue weighted by Crippen LogP contribution is 2.15. The molecule has 1 amide bonds. The predicted molar refractivity (Wildman–Crippen MR) is 83.6 cm³/mol. The van der Waals surface area contributed by atoms with Crippen LogP contribution in [0.3, 0.4) is 0 Å². The molecule has 1 rings (SSSR count). The zero-order valence-electron chi connectivity index (χ0n) is 12.3. The number of rotatable bonds is 8. The second-order valence-corrected chi connectivity index (χ2v) is 5.38. The zero-order chi connectivity index (χ0) is 15.8. The van der Waals surface area contributed by atoms with Gasteiger partial charge in [0.2, 0.25) is 5.91 Å². The summed E-state index contributed by atoms with van der Waals surface area (Å²) in [6.07, 6.45) is 0.312. The molecule has 1 unspecified atom stereocenters. The lowest BCUT2D eigenvalue weighted by atomic mass is 10.1. The van der Waals surface area contributed by atoms with Gasteiger partial charge in [0.15, 0.2) is 0 Å². The number of carbonyl (C=O) groups excluding carboxylic acids is 1. The number of hydrogen-bond acceptors (Lipinski definition) is 3. The van der Waals surface area contributed by atoms with Gasteiger partial charge in [-0.05, 0) is 24.7 Å². The third-order valence-corrected chi connectivity index (χ3v) is 3.40. The van der Waals surface area contributed by atoms with Gasteiger partial charge < -0.3 is 15.3 Å². The summed E-state index contributed by atoms with van der Waals surface area (Å²) in [5, 5.41) is 12.2. The number of benzene rings is 1. The number of halogens is 1. The van der Waals surface area contributed by atoms with Crippen LogP contribution in [0.5, 0.6) is 0 Å². The van der Waals surface area contributed by atoms with Gasteiger partial charge in [-0.2, -0.15) is 0 Å². The molecule has 0 aliphatic carbocycles. The van der Waals surface area contributed by atoms with Gasteiger partial charge in [-0.25, -0.2) is 0 Å². The largest absolute Gasteiger partial charge is 0.481 e. The molecule has 0 aromatic heterocycles. The summed E-state index contributed by atoms with van der Waals surface area (Å²) in [4.78, 5) is 24.7. The normalized spacial score (nSPS) is 12.2. The predicted octanol–water partition coefficient (Wildman–Crippen LogP) is 2.71. The van der Waals surface area contributed by atoms with Crippen molar-refractivity contribution in [2.24, 2.45) is 5.92 Å². The minimum Gasteiger partial charge on any atom is -0.481 e. The van der Waals surface area contributed by atoms with Crippen molar-refractivity contribution < 1.29 is 14.7 Å². The fourth-order valence-electron chi connectivity index (χ4n) is 1.89. The smallest absolute Gasteiger partial charge is 0.307 e. The Morgan fingerprint density at radius 2 is 2.14 bits per heavy atom. The molecular weight excluding hydrogens is 292 g/mol. The van der Waals surface area contributed by atoms with Gasteiger partial charge in [-0.1, -0.05) is 31.5 Å². The molecule has 0 spiro atoms. The summed E-state index contributed by atoms with van der Waals surface area (Å²) < 4.78 is 0. The van der Waals surface area contributed by atoms with E-state index < -0.39 is 11.9 Å². The molecule has 1 aromatic rings. The van der Waals surface area contributed by atoms with Crippen LogP contribution in [0.15, 0.2) is 24.3 Å². The van der Waals surface area contributed by atoms with Gasteiger partial charge in [0.25, 0.3) is 0 Å². The average molecular weight is 313 g/mol. The molecule has 1 atom stereocenters. The minimum absolute atomic E-state index is 0.112. The topological polar surface area (TPSA) is 69.6 Å². The lowest BCUT2D eigenvalue weighted by Gasteiger charge is -2.22. The zero-order valence-corrected chi connectivity index (χ0v) is 13.1. The maximum atomic E-state index is 11.9. The average Bonchev–Trinajstić information content (AvgIpc) is 2.43. The molecule has 0 heterocycles. The van der Waals surface area contributed by atoms with Gasteiger partial charge in [-0.15, -0.1) is 0 Å². The van der Waals surface area contributed by atoms with Crippen LogP contribution in [0.25, 0.3) is 0 Å². The third-order valence-electron chi connectivity index (χ3n) is 3.16. The monoisotopic (exact) mass is 312 g/mol. The highest BCUT2D eigenvalue weighted by Gasteiger charge is 2.15. The first-order valence-electron chi connectivity index (χ1n) is 6.93. The Bertz CT molecular complexity index is 494. The third kappa shape index (κ3) is 6.60. The summed E-state index contributed by atoms with van der Waals surface area (Å²) in [5.41, 5.74) is 0.662. The minimum atomic E-state index is -0.822. The molecule has 0 saturated heterocycles. The molecule has 5 nitrogen and oxygen atoms in total. The van der Waals surface area contributed by atoms with Crippen LogP contribution in [-0.4, -0.2) is 41.5 Å². The van der Waals surface area contributed by atoms with Crippen molar-refractivity contribution in [2.75, 3.05) is 25.0 Å². The van der Waals surface area contributed by atoms with Crippen LogP contribution in [-0.2, 0) is 9.59 Å². The lowest BCUT2D eigenvalue weighted by Crippen LogP contribution is -2.34. The lowest BCUT2D eigenvalue weighted by molar-refractivity contribution is -0.141. The summed E-state index contributed by atoms with van der Waals surface area (Å²) in [6, 6.07) is 6.96. The van der Waals surface area contributed by atoms with Crippen molar-refractivity contribution in [1.29, 1.82) is 0 Å². The summed E-state index contributed by atoms with van der Waals surface area (Å²) in [7, 11) is 0. The van der Waals surface area contributed by atoms with Crippen LogP contribution in [0, 0.1) is 5.92 Å². The summed E-state index contributed by atoms with van der Waals surface area (Å²) in [5.74, 6) is -1.38. The van der Waals surface area contributed by atoms with E-state index in [0.29, 0.717) is 36.8 Å². The van der Waals surface area contributed by atoms with Gasteiger partial charge in [-0.3, -0.25) is 9.59 Å². The van der Waals surface area contributed by atoms with Crippen LogP contribution in [0.1, 0.15) is 20.3 Å². The number of aliphatic carboxylic acids is 1. The molecule has 0 radical (unpaired) electrons. The summed E-state index contributed by atoms with van der Waals surface area (Å²) >= 11 is 5.85. The maximum absolute atomic E-state index is 11.9. The molecule has 2 N–H and O–H groups in total. The van der Waals surface area contributed by atoms with Crippen molar-refractivity contribution in [3.63, 3.8) is 0 Å². The molecule has 1 aromatic carbocycles. The Hall–Kier alpha value is -1.59. The second-order valence-electron chi connectivity index (χ2n) is 4.94. The Morgan fingerprint density at radius 1 is 1.43 bits per heavy atom. The van der Waals surface area contributed by atoms with E-state index in [2.05, 4.69) is 5.32 Å². The maximum Gasteiger partial charge on any atom is 0.307 e. The fraction of sp³-hybridized carbons (Fsp3) is 0.467. The Kier molecular flexibility index (Phi) is 7.19. The Morgan fingerprint density at radius 3 is 2.71 bits per heavy atom. The highest BCUT2D eigenvalue weighted by molar-refractivity contribution is 6.30. The van der Waals surface area contributed by atoms with Crippen LogP contribution < -0.4 is 5.32 Å². The van der Waals surface area contributed by atoms with E-state index in [9.17, 15) is 9.59 Å². The molecule has 21 heavy (non-hydrogen) atoms. The van der Waals surface area contributed by atoms with E-state index in [4.69, 9.17) is 16.7 Å². The van der Waals surface area contributed by atoms with Gasteiger partial charge in [0, 0.05) is 30.2 Å². The molecule has 0 aliphatic rings. The first kappa shape index (κ1) is 17.5. The van der Waals surface area contributed by atoms with Crippen molar-refractivity contribution in [2.45, 2.75) is 20.3 Å². The number of hydrogen-bond donors (Lipinski definition) is 2. The number of carboxylic acid groups (broad SMARTS) is 1. The van der Waals surface area contributed by atoms with Gasteiger partial charge in [0.05, 0.1) is 5.92 Å². The van der Waals surface area contributed by atoms with Crippen LogP contribution >= 0.6 is 11.6 Å². The fourth-order valence-corrected chi connectivity index (χ4v) is 2.08. The van der Waals surface area contributed by atoms with E-state index in [1.54, 1.807) is 31.2 Å². The molecule has 0 aliphatic heterocycles. The molecule has 0 bridgehead atoms. The molecule has 0 fully saturated rings. The van der Waals surface area contributed by atoms with Crippen LogP contribution in [0.4, 0.5) is 5.69 Å². The van der Waals surface area contributed by atoms with Gasteiger partial charge >= 0.3 is 5.97 Å². The molecular formula is C15H21ClN2O3. The number of nitrogens with one attached hydrogen (secondary N) is 1. The van der Waals surface area contributed by atoms with Crippen LogP contribution in [0.2, 0.25) is 5.02 Å². The quantitative estimate of drug-likeness (QED) is 0.774. The molecule has 0 saturated carbocycles.